The number of hydrogen-bond acceptors (Lipinski definition) is 3. The molecule has 0 spiro atoms. The Morgan fingerprint density at radius 3 is 2.25 bits per heavy atom. The largest absolute Gasteiger partial charge is 0.444 e. The van der Waals surface area contributed by atoms with Crippen LogP contribution in [0.1, 0.15) is 36.7 Å². The van der Waals surface area contributed by atoms with E-state index in [0.29, 0.717) is 11.3 Å². The summed E-state index contributed by atoms with van der Waals surface area (Å²) in [4.78, 5) is 24.3. The molecule has 2 rings (SSSR count). The molecule has 5 heteroatoms. The van der Waals surface area contributed by atoms with Crippen LogP contribution in [0.2, 0.25) is 0 Å². The fraction of sp³-hybridized carbons (Fsp3) is 0.263. The maximum absolute atomic E-state index is 12.3. The summed E-state index contributed by atoms with van der Waals surface area (Å²) >= 11 is 0. The van der Waals surface area contributed by atoms with Gasteiger partial charge in [0.25, 0.3) is 5.91 Å². The minimum absolute atomic E-state index is 0.170. The van der Waals surface area contributed by atoms with E-state index in [1.165, 1.54) is 0 Å². The van der Waals surface area contributed by atoms with Crippen LogP contribution in [-0.4, -0.2) is 17.5 Å². The van der Waals surface area contributed by atoms with Gasteiger partial charge in [0.15, 0.2) is 0 Å². The zero-order valence-electron chi connectivity index (χ0n) is 14.1. The molecule has 126 valence electrons. The van der Waals surface area contributed by atoms with E-state index in [1.54, 1.807) is 24.3 Å². The van der Waals surface area contributed by atoms with Crippen LogP contribution in [0.25, 0.3) is 0 Å². The predicted octanol–water partition coefficient (Wildman–Crippen LogP) is 3.96. The second-order valence-corrected chi connectivity index (χ2v) is 6.44. The quantitative estimate of drug-likeness (QED) is 0.893. The second kappa shape index (κ2) is 7.64. The van der Waals surface area contributed by atoms with Crippen molar-refractivity contribution in [1.82, 2.24) is 5.32 Å². The van der Waals surface area contributed by atoms with Crippen LogP contribution in [0, 0.1) is 0 Å². The molecule has 0 radical (unpaired) electrons. The molecule has 0 saturated carbocycles. The fourth-order valence-corrected chi connectivity index (χ4v) is 2.07. The Kier molecular flexibility index (Phi) is 5.58. The van der Waals surface area contributed by atoms with Crippen LogP contribution in [0.15, 0.2) is 54.6 Å². The molecule has 0 unspecified atom stereocenters. The monoisotopic (exact) mass is 326 g/mol. The summed E-state index contributed by atoms with van der Waals surface area (Å²) < 4.78 is 5.19. The minimum Gasteiger partial charge on any atom is -0.444 e. The number of carbonyl (C=O) groups is 2. The summed E-state index contributed by atoms with van der Waals surface area (Å²) in [6, 6.07) is 16.2. The molecular formula is C19H22N2O3. The van der Waals surface area contributed by atoms with E-state index in [-0.39, 0.29) is 18.1 Å². The van der Waals surface area contributed by atoms with Gasteiger partial charge in [0, 0.05) is 5.54 Å². The van der Waals surface area contributed by atoms with Gasteiger partial charge in [-0.1, -0.05) is 42.5 Å². The van der Waals surface area contributed by atoms with Gasteiger partial charge in [-0.25, -0.2) is 4.79 Å². The highest BCUT2D eigenvalue weighted by Crippen LogP contribution is 2.17. The topological polar surface area (TPSA) is 67.4 Å². The summed E-state index contributed by atoms with van der Waals surface area (Å²) in [5, 5.41) is 5.50. The molecule has 2 amide bonds. The average Bonchev–Trinajstić information content (AvgIpc) is 2.53. The molecule has 0 heterocycles. The standard InChI is InChI=1S/C19H22N2O3/c1-19(2,3)21-17(22)15-11-7-8-12-16(15)20-18(23)24-13-14-9-5-4-6-10-14/h4-12H,13H2,1-3H3,(H,20,23)(H,21,22). The number of para-hydroxylation sites is 1. The number of anilines is 1. The highest BCUT2D eigenvalue weighted by Gasteiger charge is 2.18. The van der Waals surface area contributed by atoms with Crippen LogP contribution in [0.4, 0.5) is 10.5 Å². The van der Waals surface area contributed by atoms with Gasteiger partial charge in [-0.05, 0) is 38.5 Å². The van der Waals surface area contributed by atoms with E-state index in [9.17, 15) is 9.59 Å². The highest BCUT2D eigenvalue weighted by molar-refractivity contribution is 6.02. The average molecular weight is 326 g/mol. The molecule has 2 aromatic carbocycles. The molecule has 0 saturated heterocycles. The molecule has 2 aromatic rings. The van der Waals surface area contributed by atoms with Crippen molar-refractivity contribution in [2.45, 2.75) is 32.9 Å². The predicted molar refractivity (Wildman–Crippen MR) is 93.9 cm³/mol. The van der Waals surface area contributed by atoms with Gasteiger partial charge < -0.3 is 10.1 Å². The van der Waals surface area contributed by atoms with Gasteiger partial charge >= 0.3 is 6.09 Å². The van der Waals surface area contributed by atoms with Crippen molar-refractivity contribution in [2.24, 2.45) is 0 Å². The van der Waals surface area contributed by atoms with E-state index in [1.807, 2.05) is 51.1 Å². The lowest BCUT2D eigenvalue weighted by molar-refractivity contribution is 0.0920. The van der Waals surface area contributed by atoms with E-state index < -0.39 is 6.09 Å². The number of amides is 2. The van der Waals surface area contributed by atoms with Crippen LogP contribution in [0.3, 0.4) is 0 Å². The Balaban J connectivity index is 2.01. The summed E-state index contributed by atoms with van der Waals surface area (Å²) in [7, 11) is 0. The summed E-state index contributed by atoms with van der Waals surface area (Å²) in [6.07, 6.45) is -0.602. The first-order chi connectivity index (χ1) is 11.3. The molecule has 0 fully saturated rings. The third kappa shape index (κ3) is 5.43. The zero-order valence-corrected chi connectivity index (χ0v) is 14.1. The molecule has 0 atom stereocenters. The molecule has 2 N–H and O–H groups in total. The molecule has 0 aliphatic rings. The number of benzene rings is 2. The summed E-state index contributed by atoms with van der Waals surface area (Å²) in [5.74, 6) is -0.249. The van der Waals surface area contributed by atoms with Crippen molar-refractivity contribution in [1.29, 1.82) is 0 Å². The zero-order chi connectivity index (χ0) is 17.6. The van der Waals surface area contributed by atoms with Crippen molar-refractivity contribution in [3.63, 3.8) is 0 Å². The van der Waals surface area contributed by atoms with Crippen LogP contribution in [0.5, 0.6) is 0 Å². The molecule has 0 aliphatic heterocycles. The lowest BCUT2D eigenvalue weighted by Gasteiger charge is -2.21. The normalized spacial score (nSPS) is 10.8. The van der Waals surface area contributed by atoms with E-state index in [0.717, 1.165) is 5.56 Å². The molecule has 5 nitrogen and oxygen atoms in total. The number of hydrogen-bond donors (Lipinski definition) is 2. The lowest BCUT2D eigenvalue weighted by atomic mass is 10.1. The first-order valence-electron chi connectivity index (χ1n) is 7.74. The van der Waals surface area contributed by atoms with Gasteiger partial charge in [-0.2, -0.15) is 0 Å². The second-order valence-electron chi connectivity index (χ2n) is 6.44. The Labute approximate surface area is 142 Å². The molecule has 24 heavy (non-hydrogen) atoms. The third-order valence-corrected chi connectivity index (χ3v) is 3.11. The Bertz CT molecular complexity index is 706. The van der Waals surface area contributed by atoms with E-state index in [4.69, 9.17) is 4.74 Å². The van der Waals surface area contributed by atoms with Crippen LogP contribution < -0.4 is 10.6 Å². The highest BCUT2D eigenvalue weighted by atomic mass is 16.5. The van der Waals surface area contributed by atoms with E-state index >= 15 is 0 Å². The third-order valence-electron chi connectivity index (χ3n) is 3.11. The van der Waals surface area contributed by atoms with Crippen LogP contribution in [-0.2, 0) is 11.3 Å². The van der Waals surface area contributed by atoms with Crippen molar-refractivity contribution in [3.8, 4) is 0 Å². The van der Waals surface area contributed by atoms with Gasteiger partial charge in [0.1, 0.15) is 6.61 Å². The first kappa shape index (κ1) is 17.5. The number of nitrogens with one attached hydrogen (secondary N) is 2. The lowest BCUT2D eigenvalue weighted by Crippen LogP contribution is -2.40. The number of rotatable bonds is 4. The summed E-state index contributed by atoms with van der Waals surface area (Å²) in [5.41, 5.74) is 1.34. The Morgan fingerprint density at radius 2 is 1.58 bits per heavy atom. The molecular weight excluding hydrogens is 304 g/mol. The smallest absolute Gasteiger partial charge is 0.411 e. The number of ether oxygens (including phenoxy) is 1. The van der Waals surface area contributed by atoms with Gasteiger partial charge in [0.05, 0.1) is 11.3 Å². The van der Waals surface area contributed by atoms with Gasteiger partial charge in [-0.15, -0.1) is 0 Å². The summed E-state index contributed by atoms with van der Waals surface area (Å²) in [6.45, 7) is 5.86. The minimum atomic E-state index is -0.602. The fourth-order valence-electron chi connectivity index (χ4n) is 2.07. The first-order valence-corrected chi connectivity index (χ1v) is 7.74. The molecule has 0 bridgehead atoms. The van der Waals surface area contributed by atoms with Crippen molar-refractivity contribution < 1.29 is 14.3 Å². The van der Waals surface area contributed by atoms with Gasteiger partial charge in [0.2, 0.25) is 0 Å². The van der Waals surface area contributed by atoms with Crippen molar-refractivity contribution >= 4 is 17.7 Å². The SMILES string of the molecule is CC(C)(C)NC(=O)c1ccccc1NC(=O)OCc1ccccc1. The van der Waals surface area contributed by atoms with Crippen molar-refractivity contribution in [2.75, 3.05) is 5.32 Å². The Morgan fingerprint density at radius 1 is 0.958 bits per heavy atom. The Hall–Kier alpha value is -2.82. The molecule has 0 aliphatic carbocycles. The number of carbonyl (C=O) groups excluding carboxylic acids is 2. The maximum atomic E-state index is 12.3. The van der Waals surface area contributed by atoms with Crippen LogP contribution >= 0.6 is 0 Å². The van der Waals surface area contributed by atoms with Gasteiger partial charge in [-0.3, -0.25) is 10.1 Å². The van der Waals surface area contributed by atoms with Crippen molar-refractivity contribution in [3.05, 3.63) is 65.7 Å². The molecule has 0 aromatic heterocycles. The maximum Gasteiger partial charge on any atom is 0.411 e. The van der Waals surface area contributed by atoms with E-state index in [2.05, 4.69) is 10.6 Å².